The number of ether oxygens (including phenoxy) is 1. The summed E-state index contributed by atoms with van der Waals surface area (Å²) in [6.07, 6.45) is 4.05. The molecule has 0 saturated heterocycles. The van der Waals surface area contributed by atoms with E-state index in [0.29, 0.717) is 41.6 Å². The summed E-state index contributed by atoms with van der Waals surface area (Å²) in [5, 5.41) is 5.68. The van der Waals surface area contributed by atoms with Crippen molar-refractivity contribution >= 4 is 40.2 Å². The van der Waals surface area contributed by atoms with Gasteiger partial charge in [0.15, 0.2) is 12.5 Å². The van der Waals surface area contributed by atoms with E-state index in [4.69, 9.17) is 4.74 Å². The summed E-state index contributed by atoms with van der Waals surface area (Å²) in [4.78, 5) is 36.1. The monoisotopic (exact) mass is 526 g/mol. The molecule has 2 N–H and O–H groups in total. The Morgan fingerprint density at radius 1 is 1.13 bits per heavy atom. The maximum absolute atomic E-state index is 13.7. The number of pyridine rings is 1. The van der Waals surface area contributed by atoms with E-state index in [1.807, 2.05) is 18.9 Å². The number of fused-ring (bicyclic) bond motifs is 1. The van der Waals surface area contributed by atoms with Gasteiger partial charge in [-0.2, -0.15) is 8.78 Å². The van der Waals surface area contributed by atoms with Gasteiger partial charge >= 0.3 is 5.92 Å². The predicted molar refractivity (Wildman–Crippen MR) is 137 cm³/mol. The molecule has 0 aliphatic heterocycles. The molecule has 1 aromatic carbocycles. The lowest BCUT2D eigenvalue weighted by Crippen LogP contribution is -2.24. The van der Waals surface area contributed by atoms with Gasteiger partial charge in [0.2, 0.25) is 5.95 Å². The number of nitrogens with one attached hydrogen (secondary N) is 2. The number of nitrogens with zero attached hydrogens (tertiary/aromatic N) is 6. The van der Waals surface area contributed by atoms with E-state index in [1.165, 1.54) is 6.33 Å². The average molecular weight is 527 g/mol. The molecule has 0 bridgehead atoms. The third-order valence-electron chi connectivity index (χ3n) is 5.68. The highest BCUT2D eigenvalue weighted by Gasteiger charge is 2.32. The molecule has 0 aliphatic rings. The molecule has 13 heteroatoms. The topological polar surface area (TPSA) is 118 Å². The number of hydrogen-bond acceptors (Lipinski definition) is 9. The van der Waals surface area contributed by atoms with Crippen LogP contribution in [0.25, 0.3) is 11.0 Å². The van der Waals surface area contributed by atoms with Crippen LogP contribution in [0, 0.1) is 6.92 Å². The maximum Gasteiger partial charge on any atom is 0.301 e. The summed E-state index contributed by atoms with van der Waals surface area (Å²) in [6.45, 7) is 1.07. The molecule has 4 rings (SSSR count). The molecular formula is C25H25F3N8O2. The third-order valence-corrected chi connectivity index (χ3v) is 5.68. The van der Waals surface area contributed by atoms with E-state index in [0.717, 1.165) is 23.9 Å². The van der Waals surface area contributed by atoms with Gasteiger partial charge in [-0.05, 0) is 36.8 Å². The van der Waals surface area contributed by atoms with Crippen molar-refractivity contribution in [1.29, 1.82) is 0 Å². The summed E-state index contributed by atoms with van der Waals surface area (Å²) >= 11 is 0. The summed E-state index contributed by atoms with van der Waals surface area (Å²) in [6, 6.07) is 6.84. The molecule has 3 heterocycles. The minimum atomic E-state index is -3.67. The van der Waals surface area contributed by atoms with Crippen LogP contribution in [-0.2, 0) is 10.7 Å². The molecule has 0 atom stereocenters. The molecule has 0 spiro atoms. The predicted octanol–water partition coefficient (Wildman–Crippen LogP) is 4.26. The van der Waals surface area contributed by atoms with Crippen molar-refractivity contribution in [3.8, 4) is 0 Å². The van der Waals surface area contributed by atoms with E-state index in [2.05, 4.69) is 35.6 Å². The molecule has 38 heavy (non-hydrogen) atoms. The number of alkyl halides is 3. The van der Waals surface area contributed by atoms with Crippen molar-refractivity contribution in [1.82, 2.24) is 24.9 Å². The number of carbonyl (C=O) groups is 1. The van der Waals surface area contributed by atoms with Crippen LogP contribution < -0.4 is 15.5 Å². The number of halogens is 3. The van der Waals surface area contributed by atoms with E-state index in [9.17, 15) is 18.0 Å². The third kappa shape index (κ3) is 5.94. The number of methoxy groups -OCH3 is 1. The Bertz CT molecular complexity index is 1450. The summed E-state index contributed by atoms with van der Waals surface area (Å²) < 4.78 is 45.2. The van der Waals surface area contributed by atoms with Gasteiger partial charge in [-0.1, -0.05) is 6.07 Å². The van der Waals surface area contributed by atoms with Gasteiger partial charge in [-0.3, -0.25) is 4.79 Å². The number of aryl methyl sites for hydroxylation is 1. The van der Waals surface area contributed by atoms with Gasteiger partial charge in [-0.25, -0.2) is 29.3 Å². The van der Waals surface area contributed by atoms with Crippen LogP contribution in [0.4, 0.5) is 36.4 Å². The Balaban J connectivity index is 1.59. The van der Waals surface area contributed by atoms with E-state index < -0.39 is 24.1 Å². The first-order valence-electron chi connectivity index (χ1n) is 11.5. The van der Waals surface area contributed by atoms with Crippen molar-refractivity contribution in [2.24, 2.45) is 0 Å². The average Bonchev–Trinajstić information content (AvgIpc) is 2.92. The first kappa shape index (κ1) is 26.7. The largest absolute Gasteiger partial charge is 0.383 e. The molecule has 0 aliphatic carbocycles. The van der Waals surface area contributed by atoms with Crippen LogP contribution in [0.2, 0.25) is 0 Å². The van der Waals surface area contributed by atoms with E-state index in [1.54, 1.807) is 31.5 Å². The van der Waals surface area contributed by atoms with Gasteiger partial charge in [0, 0.05) is 43.7 Å². The number of aromatic nitrogens is 5. The van der Waals surface area contributed by atoms with Crippen molar-refractivity contribution in [3.05, 3.63) is 65.7 Å². The van der Waals surface area contributed by atoms with Crippen molar-refractivity contribution in [2.45, 2.75) is 12.8 Å². The minimum absolute atomic E-state index is 0.126. The van der Waals surface area contributed by atoms with Crippen LogP contribution >= 0.6 is 0 Å². The highest BCUT2D eigenvalue weighted by molar-refractivity contribution is 6.04. The number of likely N-dealkylation sites (N-methyl/N-ethyl adjacent to an activating group) is 1. The maximum atomic E-state index is 13.7. The van der Waals surface area contributed by atoms with Crippen molar-refractivity contribution in [2.75, 3.05) is 49.5 Å². The van der Waals surface area contributed by atoms with Crippen LogP contribution in [0.5, 0.6) is 0 Å². The highest BCUT2D eigenvalue weighted by Crippen LogP contribution is 2.30. The molecule has 0 unspecified atom stereocenters. The van der Waals surface area contributed by atoms with Gasteiger partial charge in [-0.15, -0.1) is 0 Å². The summed E-state index contributed by atoms with van der Waals surface area (Å²) in [7, 11) is 3.45. The molecule has 0 fully saturated rings. The Kier molecular flexibility index (Phi) is 7.96. The van der Waals surface area contributed by atoms with E-state index >= 15 is 0 Å². The number of rotatable bonds is 10. The normalized spacial score (nSPS) is 11.4. The lowest BCUT2D eigenvalue weighted by Gasteiger charge is -2.17. The number of anilines is 4. The Labute approximate surface area is 216 Å². The quantitative estimate of drug-likeness (QED) is 0.312. The first-order chi connectivity index (χ1) is 18.2. The fourth-order valence-electron chi connectivity index (χ4n) is 3.47. The second-order valence-corrected chi connectivity index (χ2v) is 8.42. The standard InChI is InChI=1S/C25H25F3N8O2/c1-15-4-5-16(23(37)34-20-11-17(6-7-29-20)25(27,28)13-26)10-18(15)33-22-21-19(31-14-32-22)12-30-24(35-21)36(2)8-9-38-3/h4-7,10-12,14H,8-9,13H2,1-3H3,(H,29,34,37)(H,31,32,33). The second-order valence-electron chi connectivity index (χ2n) is 8.42. The van der Waals surface area contributed by atoms with Gasteiger partial charge in [0.25, 0.3) is 5.91 Å². The zero-order valence-electron chi connectivity index (χ0n) is 20.9. The number of carbonyl (C=O) groups excluding carboxylic acids is 1. The van der Waals surface area contributed by atoms with Crippen LogP contribution in [0.1, 0.15) is 21.5 Å². The fraction of sp³-hybridized carbons (Fsp3) is 0.280. The number of amides is 1. The van der Waals surface area contributed by atoms with Crippen molar-refractivity contribution in [3.63, 3.8) is 0 Å². The first-order valence-corrected chi connectivity index (χ1v) is 11.5. The van der Waals surface area contributed by atoms with Crippen LogP contribution in [0.3, 0.4) is 0 Å². The molecule has 198 valence electrons. The Morgan fingerprint density at radius 2 is 1.95 bits per heavy atom. The molecule has 1 amide bonds. The minimum Gasteiger partial charge on any atom is -0.383 e. The van der Waals surface area contributed by atoms with E-state index in [-0.39, 0.29) is 11.4 Å². The Morgan fingerprint density at radius 3 is 2.71 bits per heavy atom. The fourth-order valence-corrected chi connectivity index (χ4v) is 3.47. The lowest BCUT2D eigenvalue weighted by molar-refractivity contribution is -0.0281. The molecule has 10 nitrogen and oxygen atoms in total. The van der Waals surface area contributed by atoms with Crippen LogP contribution in [0.15, 0.2) is 49.1 Å². The van der Waals surface area contributed by atoms with Gasteiger partial charge in [0.05, 0.1) is 12.8 Å². The molecular weight excluding hydrogens is 501 g/mol. The molecule has 4 aromatic rings. The smallest absolute Gasteiger partial charge is 0.301 e. The van der Waals surface area contributed by atoms with Gasteiger partial charge in [0.1, 0.15) is 23.2 Å². The second kappa shape index (κ2) is 11.3. The molecule has 0 radical (unpaired) electrons. The molecule has 3 aromatic heterocycles. The molecule has 0 saturated carbocycles. The van der Waals surface area contributed by atoms with Crippen LogP contribution in [-0.4, -0.2) is 64.8 Å². The summed E-state index contributed by atoms with van der Waals surface area (Å²) in [5.41, 5.74) is 2.02. The SMILES string of the molecule is COCCN(C)c1ncc2ncnc(Nc3cc(C(=O)Nc4cc(C(F)(F)CF)ccn4)ccc3C)c2n1. The van der Waals surface area contributed by atoms with Gasteiger partial charge < -0.3 is 20.3 Å². The Hall–Kier alpha value is -4.39. The van der Waals surface area contributed by atoms with Crippen molar-refractivity contribution < 1.29 is 22.7 Å². The number of hydrogen-bond donors (Lipinski definition) is 2. The summed E-state index contributed by atoms with van der Waals surface area (Å²) in [5.74, 6) is -3.52. The zero-order chi connectivity index (χ0) is 27.3. The number of benzene rings is 1. The highest BCUT2D eigenvalue weighted by atomic mass is 19.3. The zero-order valence-corrected chi connectivity index (χ0v) is 20.9. The lowest BCUT2D eigenvalue weighted by atomic mass is 10.1.